The van der Waals surface area contributed by atoms with E-state index in [4.69, 9.17) is 0 Å². The summed E-state index contributed by atoms with van der Waals surface area (Å²) in [6.07, 6.45) is 6.48. The van der Waals surface area contributed by atoms with Crippen LogP contribution in [-0.2, 0) is 23.1 Å². The Morgan fingerprint density at radius 2 is 1.64 bits per heavy atom. The molecule has 8 heteroatoms. The zero-order valence-electron chi connectivity index (χ0n) is 19.0. The molecule has 0 aliphatic carbocycles. The SMILES string of the molecule is CC1CC(C)CN(S(=O)(=O)c2ccc(C(=O)NCc3ccc(Cn4ccnc4)cc3)cc2)C1. The molecule has 2 aromatic carbocycles. The van der Waals surface area contributed by atoms with Gasteiger partial charge in [0.15, 0.2) is 0 Å². The van der Waals surface area contributed by atoms with Crippen LogP contribution < -0.4 is 5.32 Å². The van der Waals surface area contributed by atoms with Crippen LogP contribution in [0.1, 0.15) is 41.8 Å². The molecule has 2 atom stereocenters. The summed E-state index contributed by atoms with van der Waals surface area (Å²) < 4.78 is 29.6. The molecule has 7 nitrogen and oxygen atoms in total. The highest BCUT2D eigenvalue weighted by molar-refractivity contribution is 7.89. The lowest BCUT2D eigenvalue weighted by Gasteiger charge is -2.34. The lowest BCUT2D eigenvalue weighted by Crippen LogP contribution is -2.42. The molecule has 1 amide bonds. The number of hydrogen-bond donors (Lipinski definition) is 1. The number of hydrogen-bond acceptors (Lipinski definition) is 4. The molecular formula is C25H30N4O3S. The van der Waals surface area contributed by atoms with Crippen molar-refractivity contribution in [3.8, 4) is 0 Å². The van der Waals surface area contributed by atoms with Crippen molar-refractivity contribution in [3.05, 3.63) is 83.9 Å². The smallest absolute Gasteiger partial charge is 0.251 e. The van der Waals surface area contributed by atoms with E-state index in [0.717, 1.165) is 24.1 Å². The first-order chi connectivity index (χ1) is 15.8. The second kappa shape index (κ2) is 9.89. The predicted molar refractivity (Wildman–Crippen MR) is 127 cm³/mol. The monoisotopic (exact) mass is 466 g/mol. The highest BCUT2D eigenvalue weighted by Crippen LogP contribution is 2.26. The molecule has 1 N–H and O–H groups in total. The number of benzene rings is 2. The van der Waals surface area contributed by atoms with E-state index >= 15 is 0 Å². The molecule has 0 saturated carbocycles. The quantitative estimate of drug-likeness (QED) is 0.577. The molecule has 0 bridgehead atoms. The number of nitrogens with zero attached hydrogens (tertiary/aromatic N) is 3. The van der Waals surface area contributed by atoms with Gasteiger partial charge in [0.05, 0.1) is 11.2 Å². The molecule has 0 spiro atoms. The van der Waals surface area contributed by atoms with Gasteiger partial charge < -0.3 is 9.88 Å². The number of rotatable bonds is 7. The Balaban J connectivity index is 1.34. The van der Waals surface area contributed by atoms with Gasteiger partial charge in [0, 0.05) is 44.1 Å². The average molecular weight is 467 g/mol. The molecule has 0 radical (unpaired) electrons. The summed E-state index contributed by atoms with van der Waals surface area (Å²) in [7, 11) is -3.55. The third-order valence-corrected chi connectivity index (χ3v) is 7.84. The zero-order chi connectivity index (χ0) is 23.4. The maximum Gasteiger partial charge on any atom is 0.251 e. The van der Waals surface area contributed by atoms with Crippen LogP contribution in [0.15, 0.2) is 72.1 Å². The third kappa shape index (κ3) is 5.69. The first kappa shape index (κ1) is 23.2. The number of nitrogens with one attached hydrogen (secondary N) is 1. The average Bonchev–Trinajstić information content (AvgIpc) is 3.31. The van der Waals surface area contributed by atoms with Gasteiger partial charge in [-0.2, -0.15) is 4.31 Å². The maximum absolute atomic E-state index is 13.0. The summed E-state index contributed by atoms with van der Waals surface area (Å²) in [6.45, 7) is 6.38. The van der Waals surface area contributed by atoms with Crippen molar-refractivity contribution in [3.63, 3.8) is 0 Å². The zero-order valence-corrected chi connectivity index (χ0v) is 19.8. The summed E-state index contributed by atoms with van der Waals surface area (Å²) in [4.78, 5) is 16.8. The van der Waals surface area contributed by atoms with Gasteiger partial charge in [0.1, 0.15) is 0 Å². The Hall–Kier alpha value is -2.97. The molecule has 1 aromatic heterocycles. The molecular weight excluding hydrogens is 436 g/mol. The van der Waals surface area contributed by atoms with Crippen molar-refractivity contribution in [2.45, 2.75) is 38.3 Å². The summed E-state index contributed by atoms with van der Waals surface area (Å²) in [5.74, 6) is 0.448. The Labute approximate surface area is 195 Å². The number of amides is 1. The fraction of sp³-hybridized carbons (Fsp3) is 0.360. The summed E-state index contributed by atoms with van der Waals surface area (Å²) in [5.41, 5.74) is 2.58. The maximum atomic E-state index is 13.0. The third-order valence-electron chi connectivity index (χ3n) is 5.99. The second-order valence-electron chi connectivity index (χ2n) is 9.03. The summed E-state index contributed by atoms with van der Waals surface area (Å²) in [6, 6.07) is 14.2. The Morgan fingerprint density at radius 1 is 1.00 bits per heavy atom. The Bertz CT molecular complexity index is 1160. The highest BCUT2D eigenvalue weighted by atomic mass is 32.2. The van der Waals surface area contributed by atoms with Crippen molar-refractivity contribution in [2.24, 2.45) is 11.8 Å². The van der Waals surface area contributed by atoms with Crippen LogP contribution in [0.5, 0.6) is 0 Å². The van der Waals surface area contributed by atoms with Crippen LogP contribution in [0.3, 0.4) is 0 Å². The molecule has 2 heterocycles. The van der Waals surface area contributed by atoms with Gasteiger partial charge in [-0.05, 0) is 53.6 Å². The summed E-state index contributed by atoms with van der Waals surface area (Å²) in [5, 5.41) is 2.90. The van der Waals surface area contributed by atoms with Crippen LogP contribution >= 0.6 is 0 Å². The van der Waals surface area contributed by atoms with Crippen molar-refractivity contribution in [2.75, 3.05) is 13.1 Å². The molecule has 1 aliphatic rings. The van der Waals surface area contributed by atoms with E-state index < -0.39 is 10.0 Å². The number of sulfonamides is 1. The van der Waals surface area contributed by atoms with Gasteiger partial charge in [0.25, 0.3) is 5.91 Å². The molecule has 1 saturated heterocycles. The van der Waals surface area contributed by atoms with E-state index in [0.29, 0.717) is 37.0 Å². The van der Waals surface area contributed by atoms with E-state index in [-0.39, 0.29) is 10.8 Å². The first-order valence-corrected chi connectivity index (χ1v) is 12.7. The molecule has 2 unspecified atom stereocenters. The van der Waals surface area contributed by atoms with Gasteiger partial charge in [-0.25, -0.2) is 13.4 Å². The van der Waals surface area contributed by atoms with Gasteiger partial charge in [0.2, 0.25) is 10.0 Å². The standard InChI is InChI=1S/C25H30N4O3S/c1-19-13-20(2)16-29(15-19)33(31,32)24-9-7-23(8-10-24)25(30)27-14-21-3-5-22(6-4-21)17-28-12-11-26-18-28/h3-12,18-20H,13-17H2,1-2H3,(H,27,30). The van der Waals surface area contributed by atoms with E-state index in [1.54, 1.807) is 29.0 Å². The minimum absolute atomic E-state index is 0.230. The summed E-state index contributed by atoms with van der Waals surface area (Å²) >= 11 is 0. The fourth-order valence-corrected chi connectivity index (χ4v) is 6.05. The van der Waals surface area contributed by atoms with Crippen LogP contribution in [0, 0.1) is 11.8 Å². The van der Waals surface area contributed by atoms with Crippen LogP contribution in [0.2, 0.25) is 0 Å². The lowest BCUT2D eigenvalue weighted by molar-refractivity contribution is 0.0951. The normalized spacial score (nSPS) is 19.3. The van der Waals surface area contributed by atoms with E-state index in [2.05, 4.69) is 24.1 Å². The van der Waals surface area contributed by atoms with E-state index in [1.807, 2.05) is 35.0 Å². The van der Waals surface area contributed by atoms with Crippen LogP contribution in [0.4, 0.5) is 0 Å². The van der Waals surface area contributed by atoms with Gasteiger partial charge in [-0.1, -0.05) is 38.1 Å². The van der Waals surface area contributed by atoms with Crippen molar-refractivity contribution in [1.29, 1.82) is 0 Å². The van der Waals surface area contributed by atoms with Gasteiger partial charge >= 0.3 is 0 Å². The molecule has 33 heavy (non-hydrogen) atoms. The fourth-order valence-electron chi connectivity index (χ4n) is 4.37. The largest absolute Gasteiger partial charge is 0.348 e. The number of aromatic nitrogens is 2. The molecule has 3 aromatic rings. The number of piperidine rings is 1. The van der Waals surface area contributed by atoms with Crippen molar-refractivity contribution in [1.82, 2.24) is 19.2 Å². The molecule has 4 rings (SSSR count). The Kier molecular flexibility index (Phi) is 6.95. The van der Waals surface area contributed by atoms with Crippen LogP contribution in [-0.4, -0.2) is 41.3 Å². The highest BCUT2D eigenvalue weighted by Gasteiger charge is 2.31. The van der Waals surface area contributed by atoms with Gasteiger partial charge in [-0.3, -0.25) is 4.79 Å². The van der Waals surface area contributed by atoms with E-state index in [1.165, 1.54) is 12.1 Å². The molecule has 1 aliphatic heterocycles. The first-order valence-electron chi connectivity index (χ1n) is 11.2. The minimum atomic E-state index is -3.55. The van der Waals surface area contributed by atoms with Gasteiger partial charge in [-0.15, -0.1) is 0 Å². The van der Waals surface area contributed by atoms with E-state index in [9.17, 15) is 13.2 Å². The second-order valence-corrected chi connectivity index (χ2v) is 11.0. The van der Waals surface area contributed by atoms with Crippen molar-refractivity contribution >= 4 is 15.9 Å². The molecule has 1 fully saturated rings. The van der Waals surface area contributed by atoms with Crippen LogP contribution in [0.25, 0.3) is 0 Å². The Morgan fingerprint density at radius 3 is 2.24 bits per heavy atom. The lowest BCUT2D eigenvalue weighted by atomic mass is 9.94. The van der Waals surface area contributed by atoms with Crippen molar-refractivity contribution < 1.29 is 13.2 Å². The number of carbonyl (C=O) groups is 1. The minimum Gasteiger partial charge on any atom is -0.348 e. The number of imidazole rings is 1. The topological polar surface area (TPSA) is 84.3 Å². The predicted octanol–water partition coefficient (Wildman–Crippen LogP) is 3.53. The number of carbonyl (C=O) groups excluding carboxylic acids is 1. The molecule has 174 valence electrons.